The van der Waals surface area contributed by atoms with Gasteiger partial charge in [-0.1, -0.05) is 42.0 Å². The lowest BCUT2D eigenvalue weighted by atomic mass is 10.0. The van der Waals surface area contributed by atoms with Crippen molar-refractivity contribution in [1.29, 1.82) is 0 Å². The normalized spacial score (nSPS) is 16.0. The van der Waals surface area contributed by atoms with Gasteiger partial charge in [0, 0.05) is 6.54 Å². The molecule has 5 heteroatoms. The molecule has 0 radical (unpaired) electrons. The Kier molecular flexibility index (Phi) is 5.18. The number of urea groups is 1. The number of hydrogen-bond donors (Lipinski definition) is 3. The van der Waals surface area contributed by atoms with Crippen molar-refractivity contribution in [2.75, 3.05) is 13.1 Å². The molecule has 1 unspecified atom stereocenters. The third-order valence-electron chi connectivity index (χ3n) is 4.98. The molecule has 0 spiro atoms. The van der Waals surface area contributed by atoms with Crippen LogP contribution in [0.1, 0.15) is 42.6 Å². The Labute approximate surface area is 154 Å². The van der Waals surface area contributed by atoms with Gasteiger partial charge in [-0.15, -0.1) is 0 Å². The summed E-state index contributed by atoms with van der Waals surface area (Å²) in [5, 5.41) is 23.2. The predicted octanol–water partition coefficient (Wildman–Crippen LogP) is 3.45. The highest BCUT2D eigenvalue weighted by Gasteiger charge is 2.46. The number of amides is 2. The van der Waals surface area contributed by atoms with Crippen LogP contribution in [0.5, 0.6) is 5.75 Å². The van der Waals surface area contributed by atoms with Crippen molar-refractivity contribution in [2.24, 2.45) is 0 Å². The number of carbonyl (C=O) groups excluding carboxylic acids is 1. The molecule has 138 valence electrons. The summed E-state index contributed by atoms with van der Waals surface area (Å²) in [7, 11) is 0. The Morgan fingerprint density at radius 3 is 2.58 bits per heavy atom. The predicted molar refractivity (Wildman–Crippen MR) is 101 cm³/mol. The van der Waals surface area contributed by atoms with Gasteiger partial charge in [0.2, 0.25) is 0 Å². The first-order chi connectivity index (χ1) is 12.4. The molecule has 2 amide bonds. The summed E-state index contributed by atoms with van der Waals surface area (Å²) in [6.07, 6.45) is 1.01. The first kappa shape index (κ1) is 18.3. The molecule has 0 heterocycles. The number of carbonyl (C=O) groups is 1. The monoisotopic (exact) mass is 354 g/mol. The van der Waals surface area contributed by atoms with Crippen molar-refractivity contribution in [3.63, 3.8) is 0 Å². The minimum absolute atomic E-state index is 0.102. The molecule has 26 heavy (non-hydrogen) atoms. The molecule has 1 aliphatic rings. The fourth-order valence-corrected chi connectivity index (χ4v) is 3.24. The summed E-state index contributed by atoms with van der Waals surface area (Å²) in [4.78, 5) is 14.4. The summed E-state index contributed by atoms with van der Waals surface area (Å²) in [6, 6.07) is 14.6. The minimum Gasteiger partial charge on any atom is -0.508 e. The van der Waals surface area contributed by atoms with Gasteiger partial charge in [0.1, 0.15) is 5.75 Å². The van der Waals surface area contributed by atoms with Gasteiger partial charge < -0.3 is 20.4 Å². The first-order valence-corrected chi connectivity index (χ1v) is 9.05. The highest BCUT2D eigenvalue weighted by Crippen LogP contribution is 2.45. The van der Waals surface area contributed by atoms with Crippen molar-refractivity contribution in [3.05, 3.63) is 65.2 Å². The molecule has 0 aromatic heterocycles. The quantitative estimate of drug-likeness (QED) is 0.744. The topological polar surface area (TPSA) is 72.8 Å². The van der Waals surface area contributed by atoms with Crippen LogP contribution in [0.25, 0.3) is 0 Å². The number of phenols is 1. The van der Waals surface area contributed by atoms with E-state index in [0.717, 1.165) is 18.4 Å². The molecule has 1 saturated carbocycles. The number of aromatic hydroxyl groups is 1. The van der Waals surface area contributed by atoms with Gasteiger partial charge in [0.05, 0.1) is 18.2 Å². The van der Waals surface area contributed by atoms with Crippen LogP contribution in [0.3, 0.4) is 0 Å². The SMILES string of the molecule is CCN(CC(O)c1cccc(O)c1)C(=O)NC1(c2cccc(C)c2)CC1. The number of hydrogen-bond acceptors (Lipinski definition) is 3. The van der Waals surface area contributed by atoms with Crippen LogP contribution in [0.15, 0.2) is 48.5 Å². The number of nitrogens with one attached hydrogen (secondary N) is 1. The minimum atomic E-state index is -0.845. The van der Waals surface area contributed by atoms with Gasteiger partial charge in [-0.3, -0.25) is 0 Å². The molecule has 0 saturated heterocycles. The van der Waals surface area contributed by atoms with Crippen LogP contribution in [0, 0.1) is 6.92 Å². The fourth-order valence-electron chi connectivity index (χ4n) is 3.24. The lowest BCUT2D eigenvalue weighted by Crippen LogP contribution is -2.46. The smallest absolute Gasteiger partial charge is 0.318 e. The van der Waals surface area contributed by atoms with Crippen molar-refractivity contribution in [3.8, 4) is 5.75 Å². The molecular formula is C21H26N2O3. The zero-order chi connectivity index (χ0) is 18.7. The maximum Gasteiger partial charge on any atom is 0.318 e. The van der Waals surface area contributed by atoms with Crippen molar-refractivity contribution in [2.45, 2.75) is 38.3 Å². The van der Waals surface area contributed by atoms with E-state index in [4.69, 9.17) is 0 Å². The van der Waals surface area contributed by atoms with Crippen LogP contribution in [-0.4, -0.2) is 34.2 Å². The maximum atomic E-state index is 12.8. The molecule has 2 aromatic rings. The lowest BCUT2D eigenvalue weighted by molar-refractivity contribution is 0.121. The number of rotatable bonds is 6. The summed E-state index contributed by atoms with van der Waals surface area (Å²) in [5.41, 5.74) is 2.62. The number of phenolic OH excluding ortho intramolecular Hbond substituents is 1. The Morgan fingerprint density at radius 2 is 1.96 bits per heavy atom. The van der Waals surface area contributed by atoms with Gasteiger partial charge in [0.25, 0.3) is 0 Å². The summed E-state index contributed by atoms with van der Waals surface area (Å²) in [6.45, 7) is 4.60. The Hall–Kier alpha value is -2.53. The van der Waals surface area contributed by atoms with Crippen molar-refractivity contribution >= 4 is 6.03 Å². The van der Waals surface area contributed by atoms with Crippen LogP contribution < -0.4 is 5.32 Å². The van der Waals surface area contributed by atoms with E-state index in [0.29, 0.717) is 12.1 Å². The number of aliphatic hydroxyl groups is 1. The second kappa shape index (κ2) is 7.38. The second-order valence-electron chi connectivity index (χ2n) is 7.03. The third-order valence-corrected chi connectivity index (χ3v) is 4.98. The molecule has 1 atom stereocenters. The molecule has 0 bridgehead atoms. The maximum absolute atomic E-state index is 12.8. The number of benzene rings is 2. The van der Waals surface area contributed by atoms with E-state index in [2.05, 4.69) is 17.4 Å². The summed E-state index contributed by atoms with van der Waals surface area (Å²) >= 11 is 0. The zero-order valence-electron chi connectivity index (χ0n) is 15.3. The lowest BCUT2D eigenvalue weighted by Gasteiger charge is -2.28. The van der Waals surface area contributed by atoms with Gasteiger partial charge in [-0.05, 0) is 49.9 Å². The van der Waals surface area contributed by atoms with E-state index in [1.165, 1.54) is 11.6 Å². The highest BCUT2D eigenvalue weighted by atomic mass is 16.3. The van der Waals surface area contributed by atoms with Gasteiger partial charge in [-0.2, -0.15) is 0 Å². The van der Waals surface area contributed by atoms with E-state index >= 15 is 0 Å². The Bertz CT molecular complexity index is 786. The first-order valence-electron chi connectivity index (χ1n) is 9.05. The molecule has 2 aromatic carbocycles. The standard InChI is InChI=1S/C21H26N2O3/c1-3-23(14-19(25)16-7-5-9-18(24)13-16)20(26)22-21(10-11-21)17-8-4-6-15(2)12-17/h4-9,12-13,19,24-25H,3,10-11,14H2,1-2H3,(H,22,26). The number of aryl methyl sites for hydroxylation is 1. The average Bonchev–Trinajstić information content (AvgIpc) is 3.40. The fraction of sp³-hybridized carbons (Fsp3) is 0.381. The zero-order valence-corrected chi connectivity index (χ0v) is 15.3. The third kappa shape index (κ3) is 3.99. The van der Waals surface area contributed by atoms with E-state index < -0.39 is 6.10 Å². The van der Waals surface area contributed by atoms with Gasteiger partial charge >= 0.3 is 6.03 Å². The Morgan fingerprint density at radius 1 is 1.23 bits per heavy atom. The van der Waals surface area contributed by atoms with Crippen molar-refractivity contribution in [1.82, 2.24) is 10.2 Å². The highest BCUT2D eigenvalue weighted by molar-refractivity contribution is 5.76. The summed E-state index contributed by atoms with van der Waals surface area (Å²) < 4.78 is 0. The van der Waals surface area contributed by atoms with E-state index in [1.807, 2.05) is 26.0 Å². The van der Waals surface area contributed by atoms with E-state index in [1.54, 1.807) is 23.1 Å². The average molecular weight is 354 g/mol. The molecular weight excluding hydrogens is 328 g/mol. The van der Waals surface area contributed by atoms with E-state index in [9.17, 15) is 15.0 Å². The Balaban J connectivity index is 1.67. The number of aliphatic hydroxyl groups excluding tert-OH is 1. The number of nitrogens with zero attached hydrogens (tertiary/aromatic N) is 1. The van der Waals surface area contributed by atoms with Crippen LogP contribution >= 0.6 is 0 Å². The summed E-state index contributed by atoms with van der Waals surface area (Å²) in [5.74, 6) is 0.102. The second-order valence-corrected chi connectivity index (χ2v) is 7.03. The molecule has 0 aliphatic heterocycles. The molecule has 3 N–H and O–H groups in total. The largest absolute Gasteiger partial charge is 0.508 e. The molecule has 1 fully saturated rings. The van der Waals surface area contributed by atoms with Crippen LogP contribution in [0.4, 0.5) is 4.79 Å². The van der Waals surface area contributed by atoms with Gasteiger partial charge in [-0.25, -0.2) is 4.79 Å². The molecule has 1 aliphatic carbocycles. The van der Waals surface area contributed by atoms with Crippen molar-refractivity contribution < 1.29 is 15.0 Å². The molecule has 3 rings (SSSR count). The molecule has 5 nitrogen and oxygen atoms in total. The number of likely N-dealkylation sites (N-methyl/N-ethyl adjacent to an activating group) is 1. The van der Waals surface area contributed by atoms with Crippen LogP contribution in [-0.2, 0) is 5.54 Å². The van der Waals surface area contributed by atoms with E-state index in [-0.39, 0.29) is 23.9 Å². The van der Waals surface area contributed by atoms with Gasteiger partial charge in [0.15, 0.2) is 0 Å². The van der Waals surface area contributed by atoms with Crippen LogP contribution in [0.2, 0.25) is 0 Å².